The van der Waals surface area contributed by atoms with Gasteiger partial charge >= 0.3 is 11.9 Å². The number of aromatic nitrogens is 1. The van der Waals surface area contributed by atoms with E-state index in [2.05, 4.69) is 4.98 Å². The molecule has 1 aliphatic heterocycles. The second kappa shape index (κ2) is 13.3. The molecule has 10 heteroatoms. The van der Waals surface area contributed by atoms with E-state index in [-0.39, 0.29) is 21.3 Å². The summed E-state index contributed by atoms with van der Waals surface area (Å²) >= 11 is 0.932. The number of carbonyl (C=O) groups excluding carboxylic acids is 3. The van der Waals surface area contributed by atoms with Gasteiger partial charge in [-0.1, -0.05) is 71.5 Å². The molecule has 1 saturated heterocycles. The van der Waals surface area contributed by atoms with Crippen molar-refractivity contribution in [2.45, 2.75) is 26.5 Å². The Kier molecular flexibility index (Phi) is 8.86. The van der Waals surface area contributed by atoms with Crippen molar-refractivity contribution in [3.63, 3.8) is 0 Å². The molecule has 1 aromatic heterocycles. The number of hydrogen-bond acceptors (Lipinski definition) is 9. The van der Waals surface area contributed by atoms with Gasteiger partial charge in [-0.05, 0) is 73.5 Å². The van der Waals surface area contributed by atoms with Gasteiger partial charge in [-0.3, -0.25) is 14.5 Å². The average Bonchev–Trinajstić information content (AvgIpc) is 3.59. The number of esters is 1. The Morgan fingerprint density at radius 3 is 2.32 bits per heavy atom. The SMILES string of the molecule is COC(=O)c1sc(N2C(=O)C(=O)C(=C(O)c3ccc(OCc4cccc(C)c4)cc3)C2c2cccc(Oc3ccccc3)c2)nc1C. The van der Waals surface area contributed by atoms with Crippen LogP contribution in [-0.2, 0) is 20.9 Å². The first-order valence-corrected chi connectivity index (χ1v) is 15.5. The number of ketones is 1. The van der Waals surface area contributed by atoms with Gasteiger partial charge in [0.25, 0.3) is 5.78 Å². The van der Waals surface area contributed by atoms with E-state index in [1.807, 2.05) is 49.4 Å². The van der Waals surface area contributed by atoms with E-state index in [0.717, 1.165) is 22.5 Å². The molecule has 236 valence electrons. The zero-order chi connectivity index (χ0) is 33.1. The minimum Gasteiger partial charge on any atom is -0.507 e. The first-order chi connectivity index (χ1) is 22.7. The lowest BCUT2D eigenvalue weighted by Crippen LogP contribution is -2.29. The molecule has 4 aromatic carbocycles. The van der Waals surface area contributed by atoms with Gasteiger partial charge in [0, 0.05) is 5.56 Å². The van der Waals surface area contributed by atoms with Crippen LogP contribution in [-0.4, -0.2) is 34.9 Å². The smallest absolute Gasteiger partial charge is 0.350 e. The fourth-order valence-corrected chi connectivity index (χ4v) is 6.33. The predicted molar refractivity (Wildman–Crippen MR) is 178 cm³/mol. The summed E-state index contributed by atoms with van der Waals surface area (Å²) in [6.07, 6.45) is 0. The van der Waals surface area contributed by atoms with Crippen molar-refractivity contribution in [3.05, 3.63) is 142 Å². The molecule has 0 bridgehead atoms. The molecule has 2 heterocycles. The van der Waals surface area contributed by atoms with Crippen molar-refractivity contribution in [1.29, 1.82) is 0 Å². The first-order valence-electron chi connectivity index (χ1n) is 14.7. The number of nitrogens with zero attached hydrogens (tertiary/aromatic N) is 2. The van der Waals surface area contributed by atoms with Gasteiger partial charge in [-0.15, -0.1) is 0 Å². The zero-order valence-corrected chi connectivity index (χ0v) is 26.6. The number of carbonyl (C=O) groups is 3. The van der Waals surface area contributed by atoms with Crippen molar-refractivity contribution in [3.8, 4) is 17.2 Å². The Balaban J connectivity index is 1.40. The van der Waals surface area contributed by atoms with Crippen LogP contribution in [0, 0.1) is 13.8 Å². The summed E-state index contributed by atoms with van der Waals surface area (Å²) in [6, 6.07) is 29.6. The monoisotopic (exact) mass is 646 g/mol. The van der Waals surface area contributed by atoms with Gasteiger partial charge in [-0.25, -0.2) is 9.78 Å². The molecule has 1 unspecified atom stereocenters. The van der Waals surface area contributed by atoms with E-state index >= 15 is 0 Å². The van der Waals surface area contributed by atoms with Crippen molar-refractivity contribution >= 4 is 39.9 Å². The number of hydrogen-bond donors (Lipinski definition) is 1. The number of amides is 1. The third kappa shape index (κ3) is 6.49. The highest BCUT2D eigenvalue weighted by Gasteiger charge is 2.48. The second-order valence-corrected chi connectivity index (χ2v) is 11.8. The maximum atomic E-state index is 13.7. The number of ether oxygens (including phenoxy) is 3. The fourth-order valence-electron chi connectivity index (χ4n) is 5.32. The van der Waals surface area contributed by atoms with Gasteiger partial charge in [0.2, 0.25) is 0 Å². The predicted octanol–water partition coefficient (Wildman–Crippen LogP) is 7.54. The highest BCUT2D eigenvalue weighted by molar-refractivity contribution is 7.17. The number of rotatable bonds is 9. The number of aliphatic hydroxyl groups is 1. The Hall–Kier alpha value is -5.74. The highest BCUT2D eigenvalue weighted by atomic mass is 32.1. The van der Waals surface area contributed by atoms with Crippen LogP contribution in [0.3, 0.4) is 0 Å². The molecule has 9 nitrogen and oxygen atoms in total. The molecule has 6 rings (SSSR count). The average molecular weight is 647 g/mol. The Labute approximate surface area is 275 Å². The van der Waals surface area contributed by atoms with E-state index in [1.54, 1.807) is 67.6 Å². The summed E-state index contributed by atoms with van der Waals surface area (Å²) in [7, 11) is 1.25. The van der Waals surface area contributed by atoms with Crippen LogP contribution in [0.4, 0.5) is 5.13 Å². The van der Waals surface area contributed by atoms with Gasteiger partial charge in [0.1, 0.15) is 34.5 Å². The molecule has 0 saturated carbocycles. The summed E-state index contributed by atoms with van der Waals surface area (Å²) in [5.74, 6) is -1.14. The molecular formula is C37H30N2O7S. The van der Waals surface area contributed by atoms with E-state index < -0.39 is 23.7 Å². The van der Waals surface area contributed by atoms with E-state index in [4.69, 9.17) is 14.2 Å². The van der Waals surface area contributed by atoms with Crippen LogP contribution < -0.4 is 14.4 Å². The van der Waals surface area contributed by atoms with Crippen LogP contribution in [0.5, 0.6) is 17.2 Å². The lowest BCUT2D eigenvalue weighted by Gasteiger charge is -2.23. The normalized spacial score (nSPS) is 15.5. The largest absolute Gasteiger partial charge is 0.507 e. The van der Waals surface area contributed by atoms with Crippen LogP contribution in [0.2, 0.25) is 0 Å². The minimum atomic E-state index is -1.08. The lowest BCUT2D eigenvalue weighted by atomic mass is 9.95. The van der Waals surface area contributed by atoms with E-state index in [1.165, 1.54) is 12.0 Å². The summed E-state index contributed by atoms with van der Waals surface area (Å²) in [4.78, 5) is 45.7. The molecule has 47 heavy (non-hydrogen) atoms. The standard InChI is InChI=1S/C37H30N2O7S/c1-22-9-7-10-24(19-22)21-45-27-17-15-25(16-18-27)32(40)30-31(26-11-8-14-29(20-26)46-28-12-5-4-6-13-28)39(35(42)33(30)41)37-38-23(2)34(47-37)36(43)44-3/h4-20,31,40H,21H2,1-3H3. The number of benzene rings is 4. The molecule has 1 N–H and O–H groups in total. The summed E-state index contributed by atoms with van der Waals surface area (Å²) in [5, 5.41) is 11.8. The second-order valence-electron chi connectivity index (χ2n) is 10.9. The van der Waals surface area contributed by atoms with E-state index in [0.29, 0.717) is 40.7 Å². The van der Waals surface area contributed by atoms with Crippen molar-refractivity contribution in [2.24, 2.45) is 0 Å². The first kappa shape index (κ1) is 31.3. The topological polar surface area (TPSA) is 115 Å². The zero-order valence-electron chi connectivity index (χ0n) is 25.8. The Morgan fingerprint density at radius 1 is 0.872 bits per heavy atom. The molecule has 1 aliphatic rings. The Morgan fingerprint density at radius 2 is 1.60 bits per heavy atom. The van der Waals surface area contributed by atoms with Crippen LogP contribution in [0.25, 0.3) is 5.76 Å². The number of thiazole rings is 1. The third-order valence-corrected chi connectivity index (χ3v) is 8.71. The summed E-state index contributed by atoms with van der Waals surface area (Å²) in [5.41, 5.74) is 3.17. The fraction of sp³-hybridized carbons (Fsp3) is 0.135. The number of para-hydroxylation sites is 1. The van der Waals surface area contributed by atoms with Crippen LogP contribution >= 0.6 is 11.3 Å². The van der Waals surface area contributed by atoms with Gasteiger partial charge in [0.15, 0.2) is 5.13 Å². The maximum absolute atomic E-state index is 13.7. The van der Waals surface area contributed by atoms with Crippen molar-refractivity contribution < 1.29 is 33.7 Å². The number of aliphatic hydroxyl groups excluding tert-OH is 1. The molecule has 0 spiro atoms. The van der Waals surface area contributed by atoms with Gasteiger partial charge in [0.05, 0.1) is 24.4 Å². The molecule has 0 aliphatic carbocycles. The quantitative estimate of drug-likeness (QED) is 0.0756. The third-order valence-electron chi connectivity index (χ3n) is 7.58. The maximum Gasteiger partial charge on any atom is 0.350 e. The van der Waals surface area contributed by atoms with Crippen LogP contribution in [0.1, 0.15) is 43.7 Å². The lowest BCUT2D eigenvalue weighted by molar-refractivity contribution is -0.132. The van der Waals surface area contributed by atoms with E-state index in [9.17, 15) is 19.5 Å². The Bertz CT molecular complexity index is 2000. The molecule has 0 radical (unpaired) electrons. The summed E-state index contributed by atoms with van der Waals surface area (Å²) < 4.78 is 16.9. The number of anilines is 1. The molecular weight excluding hydrogens is 616 g/mol. The molecule has 5 aromatic rings. The molecule has 1 fully saturated rings. The number of methoxy groups -OCH3 is 1. The minimum absolute atomic E-state index is 0.114. The number of aryl methyl sites for hydroxylation is 2. The van der Waals surface area contributed by atoms with Crippen molar-refractivity contribution in [2.75, 3.05) is 12.0 Å². The van der Waals surface area contributed by atoms with Crippen molar-refractivity contribution in [1.82, 2.24) is 4.98 Å². The van der Waals surface area contributed by atoms with Gasteiger partial charge in [-0.2, -0.15) is 0 Å². The molecule has 1 amide bonds. The van der Waals surface area contributed by atoms with Gasteiger partial charge < -0.3 is 19.3 Å². The number of Topliss-reactive ketones (excluding diaryl/α,β-unsaturated/α-hetero) is 1. The highest BCUT2D eigenvalue weighted by Crippen LogP contribution is 2.45. The summed E-state index contributed by atoms with van der Waals surface area (Å²) in [6.45, 7) is 3.99. The van der Waals surface area contributed by atoms with Crippen LogP contribution in [0.15, 0.2) is 109 Å². The molecule has 1 atom stereocenters.